The van der Waals surface area contributed by atoms with Gasteiger partial charge in [0, 0.05) is 29.9 Å². The van der Waals surface area contributed by atoms with Gasteiger partial charge in [-0.3, -0.25) is 9.79 Å². The van der Waals surface area contributed by atoms with Crippen LogP contribution in [0.3, 0.4) is 0 Å². The topological polar surface area (TPSA) is 116 Å². The van der Waals surface area contributed by atoms with E-state index in [1.165, 1.54) is 5.56 Å². The quantitative estimate of drug-likeness (QED) is 0.347. The fourth-order valence-electron chi connectivity index (χ4n) is 4.41. The molecule has 2 aliphatic heterocycles. The Bertz CT molecular complexity index is 1330. The van der Waals surface area contributed by atoms with Crippen LogP contribution < -0.4 is 9.47 Å². The largest absolute Gasteiger partial charge is 0.491 e. The third-order valence-corrected chi connectivity index (χ3v) is 7.61. The van der Waals surface area contributed by atoms with E-state index in [2.05, 4.69) is 18.0 Å². The van der Waals surface area contributed by atoms with Crippen molar-refractivity contribution in [2.45, 2.75) is 38.4 Å². The molecule has 1 fully saturated rings. The molecule has 0 aliphatic carbocycles. The number of esters is 1. The third-order valence-electron chi connectivity index (χ3n) is 6.38. The zero-order chi connectivity index (χ0) is 27.6. The Hall–Kier alpha value is -3.15. The molecule has 0 amide bonds. The van der Waals surface area contributed by atoms with Gasteiger partial charge in [0.25, 0.3) is 0 Å². The minimum atomic E-state index is -0.750. The summed E-state index contributed by atoms with van der Waals surface area (Å²) in [5.41, 5.74) is 3.03. The van der Waals surface area contributed by atoms with E-state index in [0.717, 1.165) is 64.9 Å². The average Bonchev–Trinajstić information content (AvgIpc) is 3.57. The number of aromatic nitrogens is 1. The van der Waals surface area contributed by atoms with E-state index in [9.17, 15) is 4.79 Å². The van der Waals surface area contributed by atoms with Gasteiger partial charge < -0.3 is 23.9 Å². The third kappa shape index (κ3) is 8.17. The maximum absolute atomic E-state index is 11.9. The van der Waals surface area contributed by atoms with Crippen molar-refractivity contribution in [1.29, 1.82) is 0 Å². The van der Waals surface area contributed by atoms with Crippen LogP contribution >= 0.6 is 11.8 Å². The van der Waals surface area contributed by atoms with Gasteiger partial charge in [0.15, 0.2) is 0 Å². The molecule has 1 unspecified atom stereocenters. The SMILES string of the molecule is CCOC(=O)CC1CN=C(c2cc3cc(Oc4ccc(C)cc4)cc(OCC4CCOCC4)c3[nH]2)S1.O=S=O. The highest BCUT2D eigenvalue weighted by molar-refractivity contribution is 8.15. The van der Waals surface area contributed by atoms with E-state index in [1.54, 1.807) is 11.8 Å². The van der Waals surface area contributed by atoms with Gasteiger partial charge in [-0.25, -0.2) is 0 Å². The minimum absolute atomic E-state index is 0.0927. The van der Waals surface area contributed by atoms with Crippen molar-refractivity contribution in [1.82, 2.24) is 4.98 Å². The van der Waals surface area contributed by atoms with E-state index >= 15 is 0 Å². The van der Waals surface area contributed by atoms with Gasteiger partial charge in [-0.05, 0) is 56.9 Å². The zero-order valence-electron chi connectivity index (χ0n) is 22.0. The molecule has 208 valence electrons. The van der Waals surface area contributed by atoms with Crippen LogP contribution in [0.2, 0.25) is 0 Å². The number of carbonyl (C=O) groups excluding carboxylic acids is 1. The Morgan fingerprint density at radius 1 is 1.13 bits per heavy atom. The molecule has 0 bridgehead atoms. The highest BCUT2D eigenvalue weighted by Gasteiger charge is 2.25. The van der Waals surface area contributed by atoms with Gasteiger partial charge in [-0.2, -0.15) is 8.42 Å². The first-order valence-corrected chi connectivity index (χ1v) is 14.4. The van der Waals surface area contributed by atoms with Crippen molar-refractivity contribution >= 4 is 45.2 Å². The van der Waals surface area contributed by atoms with Gasteiger partial charge in [0.1, 0.15) is 22.3 Å². The van der Waals surface area contributed by atoms with Gasteiger partial charge in [0.05, 0.1) is 37.4 Å². The van der Waals surface area contributed by atoms with Crippen LogP contribution in [0, 0.1) is 12.8 Å². The predicted molar refractivity (Wildman–Crippen MR) is 152 cm³/mol. The van der Waals surface area contributed by atoms with Gasteiger partial charge in [0.2, 0.25) is 0 Å². The lowest BCUT2D eigenvalue weighted by Crippen LogP contribution is -2.21. The molecule has 39 heavy (non-hydrogen) atoms. The molecular weight excluding hydrogens is 540 g/mol. The van der Waals surface area contributed by atoms with Crippen molar-refractivity contribution < 1.29 is 32.2 Å². The molecular formula is C28H32N2O7S2. The first-order chi connectivity index (χ1) is 19.0. The van der Waals surface area contributed by atoms with Crippen molar-refractivity contribution in [2.24, 2.45) is 10.9 Å². The molecule has 1 aromatic heterocycles. The lowest BCUT2D eigenvalue weighted by Gasteiger charge is -2.22. The lowest BCUT2D eigenvalue weighted by molar-refractivity contribution is -0.143. The molecule has 0 saturated carbocycles. The van der Waals surface area contributed by atoms with Crippen LogP contribution in [0.25, 0.3) is 10.9 Å². The minimum Gasteiger partial charge on any atom is -0.491 e. The summed E-state index contributed by atoms with van der Waals surface area (Å²) >= 11 is 0.865. The second-order valence-electron chi connectivity index (χ2n) is 9.31. The first-order valence-electron chi connectivity index (χ1n) is 12.9. The maximum Gasteiger partial charge on any atom is 0.335 e. The highest BCUT2D eigenvalue weighted by atomic mass is 32.2. The molecule has 5 rings (SSSR count). The Labute approximate surface area is 235 Å². The summed E-state index contributed by atoms with van der Waals surface area (Å²) in [6.45, 7) is 7.09. The first kappa shape index (κ1) is 28.8. The summed E-state index contributed by atoms with van der Waals surface area (Å²) in [6, 6.07) is 14.1. The Kier molecular flexibility index (Phi) is 10.6. The van der Waals surface area contributed by atoms with Crippen LogP contribution in [-0.2, 0) is 25.8 Å². The summed E-state index contributed by atoms with van der Waals surface area (Å²) in [6.07, 6.45) is 2.38. The molecule has 11 heteroatoms. The second kappa shape index (κ2) is 14.3. The summed E-state index contributed by atoms with van der Waals surface area (Å²) in [5, 5.41) is 1.99. The molecule has 0 radical (unpaired) electrons. The number of ether oxygens (including phenoxy) is 4. The Balaban J connectivity index is 0.00000112. The number of hydrogen-bond acceptors (Lipinski definition) is 9. The molecule has 3 aromatic rings. The second-order valence-corrected chi connectivity index (χ2v) is 10.7. The van der Waals surface area contributed by atoms with Gasteiger partial charge in [-0.1, -0.05) is 29.5 Å². The normalized spacial score (nSPS) is 17.2. The Morgan fingerprint density at radius 2 is 1.87 bits per heavy atom. The zero-order valence-corrected chi connectivity index (χ0v) is 23.6. The molecule has 9 nitrogen and oxygen atoms in total. The molecule has 1 atom stereocenters. The van der Waals surface area contributed by atoms with Gasteiger partial charge >= 0.3 is 17.5 Å². The molecule has 2 aliphatic rings. The number of rotatable bonds is 9. The summed E-state index contributed by atoms with van der Waals surface area (Å²) in [4.78, 5) is 20.1. The fourth-order valence-corrected chi connectivity index (χ4v) is 5.48. The monoisotopic (exact) mass is 572 g/mol. The smallest absolute Gasteiger partial charge is 0.335 e. The number of carbonyl (C=O) groups is 1. The molecule has 3 heterocycles. The average molecular weight is 573 g/mol. The fraction of sp³-hybridized carbons (Fsp3) is 0.429. The highest BCUT2D eigenvalue weighted by Crippen LogP contribution is 2.36. The number of fused-ring (bicyclic) bond motifs is 1. The van der Waals surface area contributed by atoms with Crippen LogP contribution in [0.4, 0.5) is 0 Å². The van der Waals surface area contributed by atoms with E-state index in [4.69, 9.17) is 32.4 Å². The summed E-state index contributed by atoms with van der Waals surface area (Å²) < 4.78 is 39.7. The molecule has 1 saturated heterocycles. The van der Waals surface area contributed by atoms with Gasteiger partial charge in [-0.15, -0.1) is 0 Å². The number of aromatic amines is 1. The number of thioether (sulfide) groups is 1. The van der Waals surface area contributed by atoms with Crippen molar-refractivity contribution in [3.8, 4) is 17.2 Å². The predicted octanol–water partition coefficient (Wildman–Crippen LogP) is 5.22. The number of H-pyrrole nitrogens is 1. The van der Waals surface area contributed by atoms with Crippen LogP contribution in [0.1, 0.15) is 37.4 Å². The van der Waals surface area contributed by atoms with E-state index in [0.29, 0.717) is 32.1 Å². The van der Waals surface area contributed by atoms with E-state index < -0.39 is 11.6 Å². The van der Waals surface area contributed by atoms with Crippen molar-refractivity contribution in [3.63, 3.8) is 0 Å². The number of nitrogens with one attached hydrogen (secondary N) is 1. The number of benzene rings is 2. The number of nitrogens with zero attached hydrogens (tertiary/aromatic N) is 1. The van der Waals surface area contributed by atoms with Crippen LogP contribution in [0.15, 0.2) is 47.5 Å². The summed E-state index contributed by atoms with van der Waals surface area (Å²) in [5.74, 6) is 2.57. The number of aliphatic imine (C=N–C) groups is 1. The van der Waals surface area contributed by atoms with Crippen LogP contribution in [-0.4, -0.2) is 62.6 Å². The number of hydrogen-bond donors (Lipinski definition) is 1. The van der Waals surface area contributed by atoms with Crippen LogP contribution in [0.5, 0.6) is 17.2 Å². The summed E-state index contributed by atoms with van der Waals surface area (Å²) in [7, 11) is 0. The van der Waals surface area contributed by atoms with Crippen molar-refractivity contribution in [3.05, 3.63) is 53.7 Å². The lowest BCUT2D eigenvalue weighted by atomic mass is 10.0. The van der Waals surface area contributed by atoms with Crippen molar-refractivity contribution in [2.75, 3.05) is 33.0 Å². The standard InChI is InChI=1S/C28H32N2O5S.O2S/c1-3-33-26(31)15-23-16-29-28(36-23)24-13-20-12-22(35-21-6-4-18(2)5-7-21)14-25(27(20)30-24)34-17-19-8-10-32-11-9-19;1-3-2/h4-7,12-14,19,23,30H,3,8-11,15-17H2,1-2H3;. The van der Waals surface area contributed by atoms with E-state index in [1.807, 2.05) is 43.3 Å². The maximum atomic E-state index is 11.9. The Morgan fingerprint density at radius 3 is 2.59 bits per heavy atom. The molecule has 1 N–H and O–H groups in total. The molecule has 0 spiro atoms. The molecule has 2 aromatic carbocycles. The number of aryl methyl sites for hydroxylation is 1. The van der Waals surface area contributed by atoms with E-state index in [-0.39, 0.29) is 11.2 Å².